The van der Waals surface area contributed by atoms with Crippen molar-refractivity contribution < 1.29 is 9.59 Å². The molecule has 1 saturated heterocycles. The molecule has 21 heavy (non-hydrogen) atoms. The summed E-state index contributed by atoms with van der Waals surface area (Å²) in [6, 6.07) is 6.36. The first-order valence-electron chi connectivity index (χ1n) is 7.08. The Hall–Kier alpha value is -1.59. The fourth-order valence-corrected chi connectivity index (χ4v) is 2.53. The van der Waals surface area contributed by atoms with E-state index in [1.54, 1.807) is 41.0 Å². The Morgan fingerprint density at radius 3 is 2.29 bits per heavy atom. The predicted molar refractivity (Wildman–Crippen MR) is 82.2 cm³/mol. The number of halogens is 1. The molecule has 5 nitrogen and oxygen atoms in total. The molecular formula is C15H20ClN3O2. The van der Waals surface area contributed by atoms with Crippen LogP contribution in [0.1, 0.15) is 23.7 Å². The van der Waals surface area contributed by atoms with Crippen LogP contribution in [0.3, 0.4) is 0 Å². The van der Waals surface area contributed by atoms with E-state index < -0.39 is 6.04 Å². The fourth-order valence-electron chi connectivity index (χ4n) is 2.40. The molecule has 0 saturated carbocycles. The summed E-state index contributed by atoms with van der Waals surface area (Å²) in [4.78, 5) is 27.9. The van der Waals surface area contributed by atoms with Gasteiger partial charge in [-0.05, 0) is 37.6 Å². The third-order valence-electron chi connectivity index (χ3n) is 3.58. The van der Waals surface area contributed by atoms with Crippen molar-refractivity contribution in [1.29, 1.82) is 0 Å². The lowest BCUT2D eigenvalue weighted by atomic mass is 10.2. The van der Waals surface area contributed by atoms with Crippen molar-refractivity contribution in [2.45, 2.75) is 19.4 Å². The molecule has 0 bridgehead atoms. The van der Waals surface area contributed by atoms with Crippen LogP contribution in [0.4, 0.5) is 0 Å². The standard InChI is InChI=1S/C15H20ClN3O2/c1-11(17)14(20)18-7-2-8-19(10-9-18)15(21)12-3-5-13(16)6-4-12/h3-6,11H,2,7-10,17H2,1H3/t11-/m1/s1. The van der Waals surface area contributed by atoms with Crippen molar-refractivity contribution in [2.75, 3.05) is 26.2 Å². The SMILES string of the molecule is C[C@@H](N)C(=O)N1CCCN(C(=O)c2ccc(Cl)cc2)CC1. The van der Waals surface area contributed by atoms with Gasteiger partial charge in [0.25, 0.3) is 5.91 Å². The highest BCUT2D eigenvalue weighted by Crippen LogP contribution is 2.13. The number of benzene rings is 1. The van der Waals surface area contributed by atoms with Gasteiger partial charge in [0.15, 0.2) is 0 Å². The molecule has 0 aliphatic carbocycles. The molecule has 0 unspecified atom stereocenters. The van der Waals surface area contributed by atoms with Gasteiger partial charge in [-0.2, -0.15) is 0 Å². The topological polar surface area (TPSA) is 66.6 Å². The van der Waals surface area contributed by atoms with Gasteiger partial charge in [0, 0.05) is 36.8 Å². The van der Waals surface area contributed by atoms with Gasteiger partial charge in [-0.1, -0.05) is 11.6 Å². The first kappa shape index (κ1) is 15.8. The van der Waals surface area contributed by atoms with Crippen LogP contribution < -0.4 is 5.73 Å². The van der Waals surface area contributed by atoms with E-state index >= 15 is 0 Å². The molecule has 1 aliphatic heterocycles. The van der Waals surface area contributed by atoms with Gasteiger partial charge >= 0.3 is 0 Å². The number of amides is 2. The Balaban J connectivity index is 2.01. The highest BCUT2D eigenvalue weighted by molar-refractivity contribution is 6.30. The monoisotopic (exact) mass is 309 g/mol. The van der Waals surface area contributed by atoms with E-state index in [2.05, 4.69) is 0 Å². The van der Waals surface area contributed by atoms with Crippen LogP contribution in [0.5, 0.6) is 0 Å². The van der Waals surface area contributed by atoms with Crippen LogP contribution in [-0.4, -0.2) is 53.8 Å². The minimum atomic E-state index is -0.497. The summed E-state index contributed by atoms with van der Waals surface area (Å²) in [5.41, 5.74) is 6.25. The molecule has 1 aromatic rings. The lowest BCUT2D eigenvalue weighted by Gasteiger charge is -2.23. The summed E-state index contributed by atoms with van der Waals surface area (Å²) in [7, 11) is 0. The third-order valence-corrected chi connectivity index (χ3v) is 3.83. The zero-order chi connectivity index (χ0) is 15.4. The summed E-state index contributed by atoms with van der Waals surface area (Å²) in [6.07, 6.45) is 0.762. The van der Waals surface area contributed by atoms with E-state index in [1.165, 1.54) is 0 Å². The average molecular weight is 310 g/mol. The summed E-state index contributed by atoms with van der Waals surface area (Å²) in [5.74, 6) is -0.0856. The Kier molecular flexibility index (Phi) is 5.20. The van der Waals surface area contributed by atoms with E-state index in [0.29, 0.717) is 36.8 Å². The number of rotatable bonds is 2. The normalized spacial score (nSPS) is 17.3. The van der Waals surface area contributed by atoms with E-state index in [0.717, 1.165) is 6.42 Å². The van der Waals surface area contributed by atoms with E-state index in [1.807, 2.05) is 0 Å². The number of hydrogen-bond donors (Lipinski definition) is 1. The van der Waals surface area contributed by atoms with Gasteiger partial charge in [-0.3, -0.25) is 9.59 Å². The highest BCUT2D eigenvalue weighted by atomic mass is 35.5. The number of hydrogen-bond acceptors (Lipinski definition) is 3. The van der Waals surface area contributed by atoms with Gasteiger partial charge in [-0.25, -0.2) is 0 Å². The van der Waals surface area contributed by atoms with Gasteiger partial charge in [0.05, 0.1) is 6.04 Å². The van der Waals surface area contributed by atoms with Crippen LogP contribution in [0.15, 0.2) is 24.3 Å². The second-order valence-electron chi connectivity index (χ2n) is 5.27. The molecule has 2 amide bonds. The van der Waals surface area contributed by atoms with Crippen LogP contribution in [0.2, 0.25) is 5.02 Å². The number of carbonyl (C=O) groups excluding carboxylic acids is 2. The van der Waals surface area contributed by atoms with Crippen LogP contribution in [0.25, 0.3) is 0 Å². The number of nitrogens with zero attached hydrogens (tertiary/aromatic N) is 2. The summed E-state index contributed by atoms with van der Waals surface area (Å²) < 4.78 is 0. The Morgan fingerprint density at radius 1 is 1.10 bits per heavy atom. The quantitative estimate of drug-likeness (QED) is 0.897. The van der Waals surface area contributed by atoms with Crippen molar-refractivity contribution in [3.8, 4) is 0 Å². The average Bonchev–Trinajstić information content (AvgIpc) is 2.72. The minimum absolute atomic E-state index is 0.0261. The molecule has 0 spiro atoms. The zero-order valence-corrected chi connectivity index (χ0v) is 12.8. The largest absolute Gasteiger partial charge is 0.340 e. The highest BCUT2D eigenvalue weighted by Gasteiger charge is 2.24. The number of carbonyl (C=O) groups is 2. The molecule has 114 valence electrons. The van der Waals surface area contributed by atoms with Crippen molar-refractivity contribution in [2.24, 2.45) is 5.73 Å². The molecule has 1 heterocycles. The molecule has 6 heteroatoms. The van der Waals surface area contributed by atoms with Crippen LogP contribution >= 0.6 is 11.6 Å². The molecular weight excluding hydrogens is 290 g/mol. The fraction of sp³-hybridized carbons (Fsp3) is 0.467. The van der Waals surface area contributed by atoms with Crippen molar-refractivity contribution >= 4 is 23.4 Å². The molecule has 2 N–H and O–H groups in total. The first-order chi connectivity index (χ1) is 9.99. The lowest BCUT2D eigenvalue weighted by Crippen LogP contribution is -2.44. The summed E-state index contributed by atoms with van der Waals surface area (Å²) in [5, 5.41) is 0.608. The van der Waals surface area contributed by atoms with Crippen LogP contribution in [-0.2, 0) is 4.79 Å². The molecule has 1 aromatic carbocycles. The second kappa shape index (κ2) is 6.91. The van der Waals surface area contributed by atoms with Gasteiger partial charge in [0.2, 0.25) is 5.91 Å². The van der Waals surface area contributed by atoms with E-state index in [4.69, 9.17) is 17.3 Å². The van der Waals surface area contributed by atoms with Gasteiger partial charge in [0.1, 0.15) is 0 Å². The van der Waals surface area contributed by atoms with Crippen LogP contribution in [0, 0.1) is 0 Å². The molecule has 1 fully saturated rings. The number of nitrogens with two attached hydrogens (primary N) is 1. The predicted octanol–water partition coefficient (Wildman–Crippen LogP) is 1.36. The Labute approximate surface area is 129 Å². The summed E-state index contributed by atoms with van der Waals surface area (Å²) in [6.45, 7) is 4.03. The smallest absolute Gasteiger partial charge is 0.253 e. The molecule has 1 aliphatic rings. The van der Waals surface area contributed by atoms with E-state index in [9.17, 15) is 9.59 Å². The third kappa shape index (κ3) is 3.95. The molecule has 1 atom stereocenters. The first-order valence-corrected chi connectivity index (χ1v) is 7.46. The van der Waals surface area contributed by atoms with Crippen molar-refractivity contribution in [3.63, 3.8) is 0 Å². The summed E-state index contributed by atoms with van der Waals surface area (Å²) >= 11 is 5.83. The Bertz CT molecular complexity index is 516. The van der Waals surface area contributed by atoms with Gasteiger partial charge < -0.3 is 15.5 Å². The molecule has 2 rings (SSSR count). The Morgan fingerprint density at radius 2 is 1.67 bits per heavy atom. The van der Waals surface area contributed by atoms with Gasteiger partial charge in [-0.15, -0.1) is 0 Å². The van der Waals surface area contributed by atoms with Crippen molar-refractivity contribution in [1.82, 2.24) is 9.80 Å². The maximum absolute atomic E-state index is 12.4. The lowest BCUT2D eigenvalue weighted by molar-refractivity contribution is -0.132. The minimum Gasteiger partial charge on any atom is -0.340 e. The second-order valence-corrected chi connectivity index (χ2v) is 5.70. The molecule has 0 radical (unpaired) electrons. The van der Waals surface area contributed by atoms with Crippen molar-refractivity contribution in [3.05, 3.63) is 34.9 Å². The maximum atomic E-state index is 12.4. The van der Waals surface area contributed by atoms with E-state index in [-0.39, 0.29) is 11.8 Å². The zero-order valence-electron chi connectivity index (χ0n) is 12.1. The maximum Gasteiger partial charge on any atom is 0.253 e. The molecule has 0 aromatic heterocycles.